The molecule has 1 aliphatic rings. The first-order chi connectivity index (χ1) is 8.11. The van der Waals surface area contributed by atoms with E-state index < -0.39 is 0 Å². The van der Waals surface area contributed by atoms with Crippen LogP contribution in [0, 0.1) is 6.92 Å². The van der Waals surface area contributed by atoms with Gasteiger partial charge in [0.15, 0.2) is 5.78 Å². The molecule has 1 aliphatic heterocycles. The van der Waals surface area contributed by atoms with Crippen LogP contribution in [0.15, 0.2) is 12.3 Å². The molecule has 0 saturated carbocycles. The van der Waals surface area contributed by atoms with Crippen LogP contribution < -0.4 is 5.73 Å². The zero-order valence-corrected chi connectivity index (χ0v) is 11.0. The van der Waals surface area contributed by atoms with Crippen LogP contribution in [0.25, 0.3) is 0 Å². The number of anilines is 1. The smallest absolute Gasteiger partial charge is 0.184 e. The fourth-order valence-electron chi connectivity index (χ4n) is 2.03. The fourth-order valence-corrected chi connectivity index (χ4v) is 3.24. The number of carbonyl (C=O) groups is 1. The lowest BCUT2D eigenvalue weighted by atomic mass is 10.0. The van der Waals surface area contributed by atoms with Crippen molar-refractivity contribution in [1.82, 2.24) is 9.88 Å². The van der Waals surface area contributed by atoms with Gasteiger partial charge in [-0.25, -0.2) is 4.98 Å². The fraction of sp³-hybridized carbons (Fsp3) is 0.500. The molecule has 17 heavy (non-hydrogen) atoms. The van der Waals surface area contributed by atoms with Gasteiger partial charge in [0.05, 0.1) is 11.6 Å². The van der Waals surface area contributed by atoms with Crippen molar-refractivity contribution in [3.8, 4) is 0 Å². The highest BCUT2D eigenvalue weighted by molar-refractivity contribution is 7.99. The van der Waals surface area contributed by atoms with E-state index in [1.165, 1.54) is 0 Å². The van der Waals surface area contributed by atoms with Crippen LogP contribution in [0.3, 0.4) is 0 Å². The van der Waals surface area contributed by atoms with E-state index in [1.54, 1.807) is 6.20 Å². The van der Waals surface area contributed by atoms with Crippen molar-refractivity contribution in [2.75, 3.05) is 30.8 Å². The van der Waals surface area contributed by atoms with Gasteiger partial charge in [-0.05, 0) is 25.6 Å². The Labute approximate surface area is 106 Å². The molecule has 2 rings (SSSR count). The van der Waals surface area contributed by atoms with E-state index in [2.05, 4.69) is 9.88 Å². The lowest BCUT2D eigenvalue weighted by Gasteiger charge is -2.31. The SMILES string of the molecule is Cc1ccnc(N)c1C(=O)C1CSCCN1C. The predicted octanol–water partition coefficient (Wildman–Crippen LogP) is 1.20. The largest absolute Gasteiger partial charge is 0.383 e. The number of hydrogen-bond acceptors (Lipinski definition) is 5. The maximum Gasteiger partial charge on any atom is 0.184 e. The minimum atomic E-state index is -0.0704. The predicted molar refractivity (Wildman–Crippen MR) is 71.5 cm³/mol. The Morgan fingerprint density at radius 2 is 2.41 bits per heavy atom. The van der Waals surface area contributed by atoms with Gasteiger partial charge in [0, 0.05) is 24.2 Å². The summed E-state index contributed by atoms with van der Waals surface area (Å²) in [6.45, 7) is 2.85. The molecule has 2 N–H and O–H groups in total. The molecule has 5 heteroatoms. The van der Waals surface area contributed by atoms with E-state index in [1.807, 2.05) is 31.8 Å². The molecular weight excluding hydrogens is 234 g/mol. The zero-order valence-electron chi connectivity index (χ0n) is 10.1. The Balaban J connectivity index is 2.30. The number of pyridine rings is 1. The molecule has 0 spiro atoms. The molecule has 1 aromatic heterocycles. The summed E-state index contributed by atoms with van der Waals surface area (Å²) in [6, 6.07) is 1.76. The van der Waals surface area contributed by atoms with E-state index in [0.29, 0.717) is 11.4 Å². The standard InChI is InChI=1S/C12H17N3OS/c1-8-3-4-14-12(13)10(8)11(16)9-7-17-6-5-15(9)2/h3-4,9H,5-7H2,1-2H3,(H2,13,14). The topological polar surface area (TPSA) is 59.2 Å². The summed E-state index contributed by atoms with van der Waals surface area (Å²) in [7, 11) is 1.99. The quantitative estimate of drug-likeness (QED) is 0.800. The van der Waals surface area contributed by atoms with Gasteiger partial charge in [0.2, 0.25) is 0 Å². The lowest BCUT2D eigenvalue weighted by Crippen LogP contribution is -2.45. The third-order valence-electron chi connectivity index (χ3n) is 3.13. The number of ketones is 1. The van der Waals surface area contributed by atoms with Gasteiger partial charge in [-0.2, -0.15) is 11.8 Å². The van der Waals surface area contributed by atoms with Crippen LogP contribution in [0.5, 0.6) is 0 Å². The van der Waals surface area contributed by atoms with Crippen molar-refractivity contribution in [1.29, 1.82) is 0 Å². The summed E-state index contributed by atoms with van der Waals surface area (Å²) in [5, 5.41) is 0. The Hall–Kier alpha value is -1.07. The van der Waals surface area contributed by atoms with E-state index in [-0.39, 0.29) is 11.8 Å². The summed E-state index contributed by atoms with van der Waals surface area (Å²) in [6.07, 6.45) is 1.64. The van der Waals surface area contributed by atoms with Gasteiger partial charge in [-0.3, -0.25) is 9.69 Å². The average molecular weight is 251 g/mol. The first-order valence-corrected chi connectivity index (χ1v) is 6.80. The van der Waals surface area contributed by atoms with Crippen molar-refractivity contribution < 1.29 is 4.79 Å². The van der Waals surface area contributed by atoms with Crippen LogP contribution in [0.4, 0.5) is 5.82 Å². The third-order valence-corrected chi connectivity index (χ3v) is 4.16. The number of Topliss-reactive ketones (excluding diaryl/α,β-unsaturated/α-hetero) is 1. The van der Waals surface area contributed by atoms with Crippen molar-refractivity contribution in [3.05, 3.63) is 23.4 Å². The number of nitrogens with zero attached hydrogens (tertiary/aromatic N) is 2. The number of nitrogens with two attached hydrogens (primary N) is 1. The number of thioether (sulfide) groups is 1. The summed E-state index contributed by atoms with van der Waals surface area (Å²) in [4.78, 5) is 18.6. The van der Waals surface area contributed by atoms with E-state index >= 15 is 0 Å². The van der Waals surface area contributed by atoms with Gasteiger partial charge >= 0.3 is 0 Å². The Kier molecular flexibility index (Phi) is 3.69. The van der Waals surface area contributed by atoms with Crippen LogP contribution in [0.2, 0.25) is 0 Å². The molecule has 0 radical (unpaired) electrons. The Morgan fingerprint density at radius 3 is 3.06 bits per heavy atom. The zero-order chi connectivity index (χ0) is 12.4. The minimum absolute atomic E-state index is 0.0704. The summed E-state index contributed by atoms with van der Waals surface area (Å²) in [5.74, 6) is 2.37. The van der Waals surface area contributed by atoms with Crippen molar-refractivity contribution in [2.45, 2.75) is 13.0 Å². The van der Waals surface area contributed by atoms with E-state index in [0.717, 1.165) is 23.6 Å². The lowest BCUT2D eigenvalue weighted by molar-refractivity contribution is 0.0874. The van der Waals surface area contributed by atoms with Crippen molar-refractivity contribution in [2.24, 2.45) is 0 Å². The molecule has 1 fully saturated rings. The van der Waals surface area contributed by atoms with Crippen LogP contribution in [-0.2, 0) is 0 Å². The molecule has 0 amide bonds. The van der Waals surface area contributed by atoms with Crippen LogP contribution >= 0.6 is 11.8 Å². The molecule has 1 saturated heterocycles. The molecule has 92 valence electrons. The molecule has 2 heterocycles. The molecule has 4 nitrogen and oxygen atoms in total. The highest BCUT2D eigenvalue weighted by atomic mass is 32.2. The number of nitrogen functional groups attached to an aromatic ring is 1. The number of aromatic nitrogens is 1. The summed E-state index contributed by atoms with van der Waals surface area (Å²) in [5.41, 5.74) is 7.32. The van der Waals surface area contributed by atoms with Gasteiger partial charge < -0.3 is 5.73 Å². The molecular formula is C12H17N3OS. The van der Waals surface area contributed by atoms with Gasteiger partial charge in [-0.1, -0.05) is 0 Å². The Bertz CT molecular complexity index is 416. The number of carbonyl (C=O) groups excluding carboxylic acids is 1. The first-order valence-electron chi connectivity index (χ1n) is 5.64. The molecule has 1 aromatic rings. The normalized spacial score (nSPS) is 21.4. The van der Waals surface area contributed by atoms with Crippen molar-refractivity contribution >= 4 is 23.4 Å². The van der Waals surface area contributed by atoms with Crippen LogP contribution in [0.1, 0.15) is 15.9 Å². The first kappa shape index (κ1) is 12.4. The molecule has 1 unspecified atom stereocenters. The number of aryl methyl sites for hydroxylation is 1. The van der Waals surface area contributed by atoms with Crippen LogP contribution in [-0.4, -0.2) is 46.8 Å². The van der Waals surface area contributed by atoms with Crippen molar-refractivity contribution in [3.63, 3.8) is 0 Å². The summed E-state index contributed by atoms with van der Waals surface area (Å²) >= 11 is 1.82. The Morgan fingerprint density at radius 1 is 1.65 bits per heavy atom. The van der Waals surface area contributed by atoms with Gasteiger partial charge in [0.1, 0.15) is 5.82 Å². The average Bonchev–Trinajstić information content (AvgIpc) is 2.29. The highest BCUT2D eigenvalue weighted by Crippen LogP contribution is 2.22. The minimum Gasteiger partial charge on any atom is -0.383 e. The molecule has 0 bridgehead atoms. The molecule has 0 aliphatic carbocycles. The van der Waals surface area contributed by atoms with E-state index in [4.69, 9.17) is 5.73 Å². The third kappa shape index (κ3) is 2.45. The molecule has 1 atom stereocenters. The second kappa shape index (κ2) is 5.06. The monoisotopic (exact) mass is 251 g/mol. The second-order valence-corrected chi connectivity index (χ2v) is 5.47. The maximum absolute atomic E-state index is 12.5. The number of hydrogen-bond donors (Lipinski definition) is 1. The van der Waals surface area contributed by atoms with Gasteiger partial charge in [-0.15, -0.1) is 0 Å². The number of rotatable bonds is 2. The second-order valence-electron chi connectivity index (χ2n) is 4.32. The molecule has 0 aromatic carbocycles. The summed E-state index contributed by atoms with van der Waals surface area (Å²) < 4.78 is 0. The van der Waals surface area contributed by atoms with Gasteiger partial charge in [0.25, 0.3) is 0 Å². The van der Waals surface area contributed by atoms with E-state index in [9.17, 15) is 4.79 Å². The number of likely N-dealkylation sites (N-methyl/N-ethyl adjacent to an activating group) is 1. The maximum atomic E-state index is 12.5. The highest BCUT2D eigenvalue weighted by Gasteiger charge is 2.29.